The van der Waals surface area contributed by atoms with Crippen molar-refractivity contribution in [1.82, 2.24) is 10.2 Å². The number of aromatic nitrogens is 2. The van der Waals surface area contributed by atoms with Crippen molar-refractivity contribution in [3.05, 3.63) is 76.6 Å². The van der Waals surface area contributed by atoms with Gasteiger partial charge in [-0.3, -0.25) is 20.6 Å². The molecule has 0 fully saturated rings. The van der Waals surface area contributed by atoms with Gasteiger partial charge in [0.2, 0.25) is 0 Å². The SMILES string of the molecule is O=[N+]([O-])c1ccc(N/N=C/c2[nH]ncc2-c2ccccc2)cc1. The molecule has 0 saturated carbocycles. The summed E-state index contributed by atoms with van der Waals surface area (Å²) in [5, 5.41) is 21.6. The van der Waals surface area contributed by atoms with Crippen LogP contribution in [0.5, 0.6) is 0 Å². The fraction of sp³-hybridized carbons (Fsp3) is 0. The molecular weight excluding hydrogens is 294 g/mol. The summed E-state index contributed by atoms with van der Waals surface area (Å²) in [7, 11) is 0. The van der Waals surface area contributed by atoms with Gasteiger partial charge in [0.05, 0.1) is 28.7 Å². The lowest BCUT2D eigenvalue weighted by Gasteiger charge is -2.00. The van der Waals surface area contributed by atoms with Crippen molar-refractivity contribution in [2.24, 2.45) is 5.10 Å². The summed E-state index contributed by atoms with van der Waals surface area (Å²) in [4.78, 5) is 10.2. The zero-order chi connectivity index (χ0) is 16.1. The predicted octanol–water partition coefficient (Wildman–Crippen LogP) is 3.43. The van der Waals surface area contributed by atoms with Gasteiger partial charge in [0, 0.05) is 17.7 Å². The first-order valence-corrected chi connectivity index (χ1v) is 6.86. The smallest absolute Gasteiger partial charge is 0.269 e. The Bertz CT molecular complexity index is 825. The van der Waals surface area contributed by atoms with Crippen molar-refractivity contribution in [2.75, 3.05) is 5.43 Å². The number of anilines is 1. The average Bonchev–Trinajstić information content (AvgIpc) is 3.05. The van der Waals surface area contributed by atoms with Gasteiger partial charge in [-0.05, 0) is 17.7 Å². The fourth-order valence-electron chi connectivity index (χ4n) is 2.07. The van der Waals surface area contributed by atoms with Crippen LogP contribution in [0.25, 0.3) is 11.1 Å². The summed E-state index contributed by atoms with van der Waals surface area (Å²) in [5.41, 5.74) is 6.28. The zero-order valence-corrected chi connectivity index (χ0v) is 12.0. The maximum absolute atomic E-state index is 10.6. The second-order valence-corrected chi connectivity index (χ2v) is 4.74. The number of hydrogen-bond acceptors (Lipinski definition) is 5. The van der Waals surface area contributed by atoms with Crippen molar-refractivity contribution < 1.29 is 4.92 Å². The third kappa shape index (κ3) is 3.41. The minimum atomic E-state index is -0.441. The molecule has 114 valence electrons. The van der Waals surface area contributed by atoms with Crippen molar-refractivity contribution in [1.29, 1.82) is 0 Å². The van der Waals surface area contributed by atoms with Crippen LogP contribution in [-0.2, 0) is 0 Å². The number of H-pyrrole nitrogens is 1. The molecule has 0 aliphatic heterocycles. The maximum Gasteiger partial charge on any atom is 0.269 e. The van der Waals surface area contributed by atoms with Crippen LogP contribution in [-0.4, -0.2) is 21.3 Å². The first-order chi connectivity index (χ1) is 11.2. The molecule has 0 aliphatic rings. The summed E-state index contributed by atoms with van der Waals surface area (Å²) in [6.07, 6.45) is 3.36. The van der Waals surface area contributed by atoms with Crippen LogP contribution in [0.2, 0.25) is 0 Å². The Morgan fingerprint density at radius 3 is 2.57 bits per heavy atom. The van der Waals surface area contributed by atoms with Crippen molar-refractivity contribution in [2.45, 2.75) is 0 Å². The Morgan fingerprint density at radius 1 is 1.13 bits per heavy atom. The van der Waals surface area contributed by atoms with Crippen LogP contribution in [0.1, 0.15) is 5.69 Å². The number of aromatic amines is 1. The number of nitrogens with one attached hydrogen (secondary N) is 2. The zero-order valence-electron chi connectivity index (χ0n) is 12.0. The lowest BCUT2D eigenvalue weighted by Crippen LogP contribution is -1.93. The normalized spacial score (nSPS) is 10.8. The topological polar surface area (TPSA) is 96.2 Å². The van der Waals surface area contributed by atoms with Crippen molar-refractivity contribution in [3.8, 4) is 11.1 Å². The molecule has 7 nitrogen and oxygen atoms in total. The third-order valence-corrected chi connectivity index (χ3v) is 3.22. The molecule has 1 aromatic heterocycles. The Morgan fingerprint density at radius 2 is 1.87 bits per heavy atom. The van der Waals surface area contributed by atoms with E-state index in [2.05, 4.69) is 20.7 Å². The molecular formula is C16H13N5O2. The highest BCUT2D eigenvalue weighted by Gasteiger charge is 2.05. The van der Waals surface area contributed by atoms with Crippen LogP contribution < -0.4 is 5.43 Å². The molecule has 3 rings (SSSR count). The molecule has 0 amide bonds. The number of non-ortho nitro benzene ring substituents is 1. The number of nitro groups is 1. The average molecular weight is 307 g/mol. The van der Waals surface area contributed by atoms with E-state index < -0.39 is 4.92 Å². The van der Waals surface area contributed by atoms with Gasteiger partial charge in [0.25, 0.3) is 5.69 Å². The molecule has 2 aromatic carbocycles. The van der Waals surface area contributed by atoms with Gasteiger partial charge in [0.1, 0.15) is 0 Å². The Kier molecular flexibility index (Phi) is 4.10. The minimum Gasteiger partial charge on any atom is -0.278 e. The summed E-state index contributed by atoms with van der Waals surface area (Å²) in [6, 6.07) is 15.9. The van der Waals surface area contributed by atoms with Crippen LogP contribution in [0.3, 0.4) is 0 Å². The molecule has 1 heterocycles. The molecule has 3 aromatic rings. The maximum atomic E-state index is 10.6. The van der Waals surface area contributed by atoms with Gasteiger partial charge in [-0.25, -0.2) is 0 Å². The van der Waals surface area contributed by atoms with Gasteiger partial charge in [-0.2, -0.15) is 10.2 Å². The molecule has 0 radical (unpaired) electrons. The standard InChI is InChI=1S/C16H13N5O2/c22-21(23)14-8-6-13(7-9-14)19-18-11-16-15(10-17-20-16)12-4-2-1-3-5-12/h1-11,19H,(H,17,20)/b18-11+. The van der Waals surface area contributed by atoms with Gasteiger partial charge in [-0.1, -0.05) is 30.3 Å². The third-order valence-electron chi connectivity index (χ3n) is 3.22. The molecule has 0 aliphatic carbocycles. The fourth-order valence-corrected chi connectivity index (χ4v) is 2.07. The van der Waals surface area contributed by atoms with E-state index in [9.17, 15) is 10.1 Å². The van der Waals surface area contributed by atoms with E-state index >= 15 is 0 Å². The highest BCUT2D eigenvalue weighted by atomic mass is 16.6. The monoisotopic (exact) mass is 307 g/mol. The Balaban J connectivity index is 1.72. The molecule has 0 spiro atoms. The number of rotatable bonds is 5. The van der Waals surface area contributed by atoms with Gasteiger partial charge >= 0.3 is 0 Å². The van der Waals surface area contributed by atoms with Gasteiger partial charge < -0.3 is 0 Å². The minimum absolute atomic E-state index is 0.0412. The first kappa shape index (κ1) is 14.5. The predicted molar refractivity (Wildman–Crippen MR) is 88.3 cm³/mol. The number of hydrazone groups is 1. The van der Waals surface area contributed by atoms with Gasteiger partial charge in [-0.15, -0.1) is 0 Å². The summed E-state index contributed by atoms with van der Waals surface area (Å²) in [6.45, 7) is 0. The van der Waals surface area contributed by atoms with Crippen LogP contribution in [0.4, 0.5) is 11.4 Å². The van der Waals surface area contributed by atoms with E-state index in [1.54, 1.807) is 24.5 Å². The first-order valence-electron chi connectivity index (χ1n) is 6.86. The molecule has 7 heteroatoms. The van der Waals surface area contributed by atoms with E-state index in [-0.39, 0.29) is 5.69 Å². The van der Waals surface area contributed by atoms with Crippen molar-refractivity contribution >= 4 is 17.6 Å². The lowest BCUT2D eigenvalue weighted by atomic mass is 10.1. The Hall–Kier alpha value is -3.48. The lowest BCUT2D eigenvalue weighted by molar-refractivity contribution is -0.384. The summed E-state index contributed by atoms with van der Waals surface area (Å²) < 4.78 is 0. The molecule has 0 bridgehead atoms. The van der Waals surface area contributed by atoms with E-state index in [0.717, 1.165) is 16.8 Å². The molecule has 23 heavy (non-hydrogen) atoms. The Labute approximate surface area is 131 Å². The second kappa shape index (κ2) is 6.52. The largest absolute Gasteiger partial charge is 0.278 e. The summed E-state index contributed by atoms with van der Waals surface area (Å²) >= 11 is 0. The molecule has 0 atom stereocenters. The summed E-state index contributed by atoms with van der Waals surface area (Å²) in [5.74, 6) is 0. The van der Waals surface area contributed by atoms with Gasteiger partial charge in [0.15, 0.2) is 0 Å². The molecule has 2 N–H and O–H groups in total. The highest BCUT2D eigenvalue weighted by molar-refractivity contribution is 5.88. The quantitative estimate of drug-likeness (QED) is 0.429. The van der Waals surface area contributed by atoms with Crippen LogP contribution >= 0.6 is 0 Å². The molecule has 0 saturated heterocycles. The number of benzene rings is 2. The molecule has 0 unspecified atom stereocenters. The van der Waals surface area contributed by atoms with E-state index in [4.69, 9.17) is 0 Å². The number of nitro benzene ring substituents is 1. The van der Waals surface area contributed by atoms with Crippen LogP contribution in [0.15, 0.2) is 65.9 Å². The second-order valence-electron chi connectivity index (χ2n) is 4.74. The highest BCUT2D eigenvalue weighted by Crippen LogP contribution is 2.20. The number of nitrogens with zero attached hydrogens (tertiary/aromatic N) is 3. The van der Waals surface area contributed by atoms with E-state index in [1.165, 1.54) is 12.1 Å². The van der Waals surface area contributed by atoms with E-state index in [0.29, 0.717) is 5.69 Å². The van der Waals surface area contributed by atoms with Crippen molar-refractivity contribution in [3.63, 3.8) is 0 Å². The van der Waals surface area contributed by atoms with Crippen LogP contribution in [0, 0.1) is 10.1 Å². The van der Waals surface area contributed by atoms with E-state index in [1.807, 2.05) is 30.3 Å². The number of hydrogen-bond donors (Lipinski definition) is 2.